The Kier molecular flexibility index (Phi) is 10.1. The van der Waals surface area contributed by atoms with Crippen molar-refractivity contribution in [2.45, 2.75) is 65.5 Å². The minimum absolute atomic E-state index is 0.0602. The maximum atomic E-state index is 10.9. The van der Waals surface area contributed by atoms with Crippen LogP contribution in [0.5, 0.6) is 0 Å². The van der Waals surface area contributed by atoms with E-state index in [1.54, 1.807) is 25.7 Å². The van der Waals surface area contributed by atoms with E-state index in [1.165, 1.54) is 0 Å². The van der Waals surface area contributed by atoms with Gasteiger partial charge in [-0.1, -0.05) is 13.8 Å². The normalized spacial score (nSPS) is 26.7. The summed E-state index contributed by atoms with van der Waals surface area (Å²) in [5.41, 5.74) is -0.663. The molecule has 0 aromatic heterocycles. The van der Waals surface area contributed by atoms with Crippen molar-refractivity contribution in [3.8, 4) is 0 Å². The number of hydrogen-bond donors (Lipinski definition) is 2. The lowest BCUT2D eigenvalue weighted by molar-refractivity contribution is -0.135. The molecule has 136 valence electrons. The van der Waals surface area contributed by atoms with Crippen LogP contribution in [0.1, 0.15) is 53.9 Å². The first kappa shape index (κ1) is 21.9. The summed E-state index contributed by atoms with van der Waals surface area (Å²) in [5.74, 6) is 0.253. The molecule has 2 unspecified atom stereocenters. The Bertz CT molecular complexity index is 372. The van der Waals surface area contributed by atoms with E-state index in [2.05, 4.69) is 5.32 Å². The standard InChI is InChI=1S/C8H15NO2.C7H14N2O.C2H6/c1-7(10)9-5-3-4-8(2,11)6-9;1-6(10)9-4-3-7(5-9)8-2;1-2/h11H,3-6H2,1-2H3;7-8H,3-5H2,1-2H3;1-2H3. The Morgan fingerprint density at radius 3 is 2.00 bits per heavy atom. The van der Waals surface area contributed by atoms with E-state index in [0.717, 1.165) is 38.9 Å². The van der Waals surface area contributed by atoms with Crippen LogP contribution in [-0.2, 0) is 9.59 Å². The van der Waals surface area contributed by atoms with Crippen molar-refractivity contribution < 1.29 is 14.7 Å². The molecule has 2 rings (SSSR count). The van der Waals surface area contributed by atoms with Gasteiger partial charge in [0, 0.05) is 46.1 Å². The number of aliphatic hydroxyl groups is 1. The monoisotopic (exact) mass is 329 g/mol. The van der Waals surface area contributed by atoms with Gasteiger partial charge in [-0.25, -0.2) is 0 Å². The number of carbonyl (C=O) groups is 2. The van der Waals surface area contributed by atoms with E-state index in [0.29, 0.717) is 12.6 Å². The molecule has 0 aromatic carbocycles. The summed E-state index contributed by atoms with van der Waals surface area (Å²) in [5, 5.41) is 12.8. The second-order valence-electron chi connectivity index (χ2n) is 6.28. The zero-order valence-electron chi connectivity index (χ0n) is 15.7. The van der Waals surface area contributed by atoms with E-state index in [1.807, 2.05) is 25.8 Å². The lowest BCUT2D eigenvalue weighted by Crippen LogP contribution is -2.47. The molecule has 0 bridgehead atoms. The van der Waals surface area contributed by atoms with Crippen LogP contribution in [0.2, 0.25) is 0 Å². The van der Waals surface area contributed by atoms with Crippen LogP contribution in [0.4, 0.5) is 0 Å². The van der Waals surface area contributed by atoms with Gasteiger partial charge in [0.2, 0.25) is 11.8 Å². The van der Waals surface area contributed by atoms with Crippen molar-refractivity contribution in [2.75, 3.05) is 33.2 Å². The summed E-state index contributed by atoms with van der Waals surface area (Å²) < 4.78 is 0. The zero-order valence-corrected chi connectivity index (χ0v) is 15.7. The van der Waals surface area contributed by atoms with Crippen LogP contribution >= 0.6 is 0 Å². The van der Waals surface area contributed by atoms with E-state index in [-0.39, 0.29) is 11.8 Å². The van der Waals surface area contributed by atoms with Gasteiger partial charge >= 0.3 is 0 Å². The summed E-state index contributed by atoms with van der Waals surface area (Å²) in [7, 11) is 1.94. The molecule has 23 heavy (non-hydrogen) atoms. The van der Waals surface area contributed by atoms with Crippen molar-refractivity contribution in [3.05, 3.63) is 0 Å². The zero-order chi connectivity index (χ0) is 18.0. The first-order valence-electron chi connectivity index (χ1n) is 8.66. The van der Waals surface area contributed by atoms with Crippen LogP contribution in [0.3, 0.4) is 0 Å². The largest absolute Gasteiger partial charge is 0.388 e. The van der Waals surface area contributed by atoms with Gasteiger partial charge in [-0.05, 0) is 33.2 Å². The van der Waals surface area contributed by atoms with Crippen LogP contribution in [-0.4, -0.2) is 71.6 Å². The molecule has 2 saturated heterocycles. The molecule has 0 radical (unpaired) electrons. The van der Waals surface area contributed by atoms with Gasteiger partial charge < -0.3 is 20.2 Å². The summed E-state index contributed by atoms with van der Waals surface area (Å²) in [4.78, 5) is 25.3. The van der Waals surface area contributed by atoms with Gasteiger partial charge in [0.25, 0.3) is 0 Å². The number of nitrogens with zero attached hydrogens (tertiary/aromatic N) is 2. The molecule has 0 spiro atoms. The minimum Gasteiger partial charge on any atom is -0.388 e. The number of β-amino-alcohol motifs (C(OH)–C–C–N with tert-alkyl or cyclic N) is 1. The number of piperidine rings is 1. The van der Waals surface area contributed by atoms with Gasteiger partial charge in [-0.15, -0.1) is 0 Å². The smallest absolute Gasteiger partial charge is 0.219 e. The van der Waals surface area contributed by atoms with Crippen molar-refractivity contribution in [3.63, 3.8) is 0 Å². The Morgan fingerprint density at radius 1 is 1.13 bits per heavy atom. The molecule has 2 amide bonds. The molecular weight excluding hydrogens is 294 g/mol. The fourth-order valence-electron chi connectivity index (χ4n) is 2.77. The van der Waals surface area contributed by atoms with E-state index in [4.69, 9.17) is 0 Å². The highest BCUT2D eigenvalue weighted by molar-refractivity contribution is 5.73. The van der Waals surface area contributed by atoms with Gasteiger partial charge in [-0.3, -0.25) is 9.59 Å². The summed E-state index contributed by atoms with van der Waals surface area (Å²) in [6, 6.07) is 0.517. The number of nitrogens with one attached hydrogen (secondary N) is 1. The van der Waals surface area contributed by atoms with Crippen molar-refractivity contribution in [1.29, 1.82) is 0 Å². The molecule has 6 nitrogen and oxygen atoms in total. The summed E-state index contributed by atoms with van der Waals surface area (Å²) >= 11 is 0. The Balaban J connectivity index is 0.000000381. The predicted octanol–water partition coefficient (Wildman–Crippen LogP) is 1.23. The minimum atomic E-state index is -0.663. The molecule has 2 heterocycles. The highest BCUT2D eigenvalue weighted by atomic mass is 16.3. The Hall–Kier alpha value is -1.14. The summed E-state index contributed by atoms with van der Waals surface area (Å²) in [6.45, 7) is 12.0. The molecule has 0 aromatic rings. The third-order valence-corrected chi connectivity index (χ3v) is 4.16. The first-order valence-corrected chi connectivity index (χ1v) is 8.66. The van der Waals surface area contributed by atoms with Crippen LogP contribution in [0.25, 0.3) is 0 Å². The molecule has 2 N–H and O–H groups in total. The SMILES string of the molecule is CC.CC(=O)N1CCCC(C)(O)C1.CNC1CCN(C(C)=O)C1. The van der Waals surface area contributed by atoms with Crippen molar-refractivity contribution in [1.82, 2.24) is 15.1 Å². The molecule has 0 saturated carbocycles. The van der Waals surface area contributed by atoms with Gasteiger partial charge in [0.05, 0.1) is 5.60 Å². The quantitative estimate of drug-likeness (QED) is 0.759. The second kappa shape index (κ2) is 10.6. The van der Waals surface area contributed by atoms with Gasteiger partial charge in [0.15, 0.2) is 0 Å². The topological polar surface area (TPSA) is 72.9 Å². The second-order valence-corrected chi connectivity index (χ2v) is 6.28. The number of carbonyl (C=O) groups excluding carboxylic acids is 2. The predicted molar refractivity (Wildman–Crippen MR) is 93.2 cm³/mol. The fraction of sp³-hybridized carbons (Fsp3) is 0.882. The van der Waals surface area contributed by atoms with Gasteiger partial charge in [0.1, 0.15) is 0 Å². The maximum Gasteiger partial charge on any atom is 0.219 e. The van der Waals surface area contributed by atoms with Crippen LogP contribution in [0, 0.1) is 0 Å². The molecule has 2 atom stereocenters. The van der Waals surface area contributed by atoms with Crippen LogP contribution in [0.15, 0.2) is 0 Å². The third-order valence-electron chi connectivity index (χ3n) is 4.16. The maximum absolute atomic E-state index is 10.9. The van der Waals surface area contributed by atoms with E-state index >= 15 is 0 Å². The van der Waals surface area contributed by atoms with Crippen molar-refractivity contribution >= 4 is 11.8 Å². The lowest BCUT2D eigenvalue weighted by Gasteiger charge is -2.36. The third kappa shape index (κ3) is 8.32. The highest BCUT2D eigenvalue weighted by Crippen LogP contribution is 2.19. The molecular formula is C17H35N3O3. The number of rotatable bonds is 1. The molecule has 2 fully saturated rings. The number of amides is 2. The number of likely N-dealkylation sites (tertiary alicyclic amines) is 2. The van der Waals surface area contributed by atoms with Gasteiger partial charge in [-0.2, -0.15) is 0 Å². The highest BCUT2D eigenvalue weighted by Gasteiger charge is 2.29. The van der Waals surface area contributed by atoms with Crippen molar-refractivity contribution in [2.24, 2.45) is 0 Å². The van der Waals surface area contributed by atoms with E-state index in [9.17, 15) is 14.7 Å². The Morgan fingerprint density at radius 2 is 1.70 bits per heavy atom. The number of hydrogen-bond acceptors (Lipinski definition) is 4. The van der Waals surface area contributed by atoms with E-state index < -0.39 is 5.60 Å². The Labute approximate surface area is 141 Å². The molecule has 2 aliphatic heterocycles. The molecule has 0 aliphatic carbocycles. The average molecular weight is 329 g/mol. The molecule has 2 aliphatic rings. The average Bonchev–Trinajstić information content (AvgIpc) is 2.98. The lowest BCUT2D eigenvalue weighted by atomic mass is 9.95. The number of likely N-dealkylation sites (N-methyl/N-ethyl adjacent to an activating group) is 1. The summed E-state index contributed by atoms with van der Waals surface area (Å²) in [6.07, 6.45) is 2.80. The van der Waals surface area contributed by atoms with Crippen LogP contribution < -0.4 is 5.32 Å². The first-order chi connectivity index (χ1) is 10.7. The fourth-order valence-corrected chi connectivity index (χ4v) is 2.77. The molecule has 6 heteroatoms.